The summed E-state index contributed by atoms with van der Waals surface area (Å²) < 4.78 is 5.26. The van der Waals surface area contributed by atoms with Crippen LogP contribution in [0.15, 0.2) is 18.3 Å². The minimum Gasteiger partial charge on any atom is -0.504 e. The number of rotatable bonds is 3. The Bertz CT molecular complexity index is 793. The fourth-order valence-corrected chi connectivity index (χ4v) is 4.22. The second kappa shape index (κ2) is 6.43. The lowest BCUT2D eigenvalue weighted by molar-refractivity contribution is -0.116. The van der Waals surface area contributed by atoms with E-state index in [9.17, 15) is 9.90 Å². The zero-order valence-electron chi connectivity index (χ0n) is 14.3. The fourth-order valence-electron chi connectivity index (χ4n) is 4.22. The van der Waals surface area contributed by atoms with E-state index in [2.05, 4.69) is 15.5 Å². The number of anilines is 1. The Morgan fingerprint density at radius 1 is 1.20 bits per heavy atom. The molecule has 2 aliphatic rings. The molecule has 3 N–H and O–H groups in total. The Morgan fingerprint density at radius 2 is 2.00 bits per heavy atom. The number of methoxy groups -OCH3 is 1. The van der Waals surface area contributed by atoms with Crippen molar-refractivity contribution in [2.75, 3.05) is 12.4 Å². The van der Waals surface area contributed by atoms with Gasteiger partial charge in [0.1, 0.15) is 0 Å². The zero-order chi connectivity index (χ0) is 17.4. The molecule has 4 rings (SSSR count). The molecule has 2 heterocycles. The molecule has 6 heteroatoms. The Morgan fingerprint density at radius 3 is 2.76 bits per heavy atom. The molecular weight excluding hydrogens is 318 g/mol. The highest BCUT2D eigenvalue weighted by atomic mass is 16.5. The second-order valence-electron chi connectivity index (χ2n) is 6.99. The molecule has 1 aromatic carbocycles. The molecule has 132 valence electrons. The number of benzene rings is 1. The van der Waals surface area contributed by atoms with Crippen molar-refractivity contribution in [1.82, 2.24) is 10.2 Å². The highest BCUT2D eigenvalue weighted by Crippen LogP contribution is 2.45. The third-order valence-corrected chi connectivity index (χ3v) is 5.48. The molecule has 1 aliphatic carbocycles. The number of aromatic hydroxyl groups is 1. The molecule has 1 aromatic heterocycles. The SMILES string of the molecule is COc1cc2c(cc1O)NC(=O)C[C@@H]2c1cn[nH]c1C1CCCCC1. The summed E-state index contributed by atoms with van der Waals surface area (Å²) in [5, 5.41) is 20.4. The maximum Gasteiger partial charge on any atom is 0.225 e. The van der Waals surface area contributed by atoms with E-state index in [1.54, 1.807) is 6.07 Å². The van der Waals surface area contributed by atoms with Crippen LogP contribution in [0.25, 0.3) is 0 Å². The van der Waals surface area contributed by atoms with Crippen molar-refractivity contribution >= 4 is 11.6 Å². The summed E-state index contributed by atoms with van der Waals surface area (Å²) in [6, 6.07) is 3.39. The number of aromatic nitrogens is 2. The summed E-state index contributed by atoms with van der Waals surface area (Å²) in [5.41, 5.74) is 3.87. The maximum atomic E-state index is 12.2. The zero-order valence-corrected chi connectivity index (χ0v) is 14.3. The molecule has 2 aromatic rings. The van der Waals surface area contributed by atoms with Crippen LogP contribution < -0.4 is 10.1 Å². The van der Waals surface area contributed by atoms with Gasteiger partial charge in [-0.3, -0.25) is 9.89 Å². The molecule has 1 saturated carbocycles. The summed E-state index contributed by atoms with van der Waals surface area (Å²) in [7, 11) is 1.53. The van der Waals surface area contributed by atoms with Crippen LogP contribution in [0.3, 0.4) is 0 Å². The fraction of sp³-hybridized carbons (Fsp3) is 0.474. The number of nitrogens with one attached hydrogen (secondary N) is 2. The van der Waals surface area contributed by atoms with Gasteiger partial charge in [-0.2, -0.15) is 5.10 Å². The third kappa shape index (κ3) is 2.86. The van der Waals surface area contributed by atoms with Crippen molar-refractivity contribution in [2.45, 2.75) is 50.4 Å². The van der Waals surface area contributed by atoms with Crippen LogP contribution in [-0.2, 0) is 4.79 Å². The van der Waals surface area contributed by atoms with Crippen LogP contribution in [0.5, 0.6) is 11.5 Å². The molecule has 0 unspecified atom stereocenters. The molecule has 1 amide bonds. The summed E-state index contributed by atoms with van der Waals surface area (Å²) >= 11 is 0. The van der Waals surface area contributed by atoms with E-state index in [1.165, 1.54) is 39.2 Å². The standard InChI is InChI=1S/C19H23N3O3/c1-25-17-7-13-12(8-18(24)21-15(13)9-16(17)23)14-10-20-22-19(14)11-5-3-2-4-6-11/h7,9-12,23H,2-6,8H2,1H3,(H,20,22)(H,21,24)/t12-/m0/s1. The molecular formula is C19H23N3O3. The largest absolute Gasteiger partial charge is 0.504 e. The first kappa shape index (κ1) is 16.0. The highest BCUT2D eigenvalue weighted by Gasteiger charge is 2.32. The lowest BCUT2D eigenvalue weighted by atomic mass is 9.79. The molecule has 0 saturated heterocycles. The molecule has 1 atom stereocenters. The minimum absolute atomic E-state index is 0.0295. The van der Waals surface area contributed by atoms with Gasteiger partial charge in [0.05, 0.1) is 13.3 Å². The Kier molecular flexibility index (Phi) is 4.11. The van der Waals surface area contributed by atoms with E-state index in [1.807, 2.05) is 12.3 Å². The van der Waals surface area contributed by atoms with E-state index < -0.39 is 0 Å². The number of amides is 1. The van der Waals surface area contributed by atoms with Gasteiger partial charge in [-0.25, -0.2) is 0 Å². The van der Waals surface area contributed by atoms with Gasteiger partial charge in [-0.1, -0.05) is 19.3 Å². The third-order valence-electron chi connectivity index (χ3n) is 5.48. The number of phenols is 1. The maximum absolute atomic E-state index is 12.2. The van der Waals surface area contributed by atoms with Crippen molar-refractivity contribution in [1.29, 1.82) is 0 Å². The van der Waals surface area contributed by atoms with Gasteiger partial charge in [-0.05, 0) is 24.5 Å². The molecule has 1 fully saturated rings. The highest BCUT2D eigenvalue weighted by molar-refractivity contribution is 5.96. The molecule has 1 aliphatic heterocycles. The van der Waals surface area contributed by atoms with Crippen molar-refractivity contribution < 1.29 is 14.6 Å². The number of aromatic amines is 1. The number of carbonyl (C=O) groups excluding carboxylic acids is 1. The lowest BCUT2D eigenvalue weighted by Gasteiger charge is -2.28. The van der Waals surface area contributed by atoms with Gasteiger partial charge >= 0.3 is 0 Å². The van der Waals surface area contributed by atoms with Gasteiger partial charge in [0.25, 0.3) is 0 Å². The van der Waals surface area contributed by atoms with Gasteiger partial charge in [0, 0.05) is 41.3 Å². The number of H-pyrrole nitrogens is 1. The van der Waals surface area contributed by atoms with Crippen LogP contribution in [0.4, 0.5) is 5.69 Å². The summed E-state index contributed by atoms with van der Waals surface area (Å²) in [6.07, 6.45) is 8.35. The van der Waals surface area contributed by atoms with Crippen LogP contribution in [0.2, 0.25) is 0 Å². The number of hydrogen-bond acceptors (Lipinski definition) is 4. The average Bonchev–Trinajstić information content (AvgIpc) is 3.10. The first-order valence-corrected chi connectivity index (χ1v) is 8.91. The van der Waals surface area contributed by atoms with Gasteiger partial charge in [0.15, 0.2) is 11.5 Å². The quantitative estimate of drug-likeness (QED) is 0.795. The normalized spacial score (nSPS) is 20.8. The van der Waals surface area contributed by atoms with E-state index in [4.69, 9.17) is 4.74 Å². The first-order chi connectivity index (χ1) is 12.2. The average molecular weight is 341 g/mol. The van der Waals surface area contributed by atoms with Gasteiger partial charge < -0.3 is 15.2 Å². The van der Waals surface area contributed by atoms with Crippen molar-refractivity contribution in [3.8, 4) is 11.5 Å². The van der Waals surface area contributed by atoms with E-state index in [0.29, 0.717) is 23.8 Å². The smallest absolute Gasteiger partial charge is 0.225 e. The monoisotopic (exact) mass is 341 g/mol. The van der Waals surface area contributed by atoms with E-state index >= 15 is 0 Å². The van der Waals surface area contributed by atoms with Crippen LogP contribution >= 0.6 is 0 Å². The number of fused-ring (bicyclic) bond motifs is 1. The minimum atomic E-state index is -0.0751. The number of nitrogens with zero attached hydrogens (tertiary/aromatic N) is 1. The van der Waals surface area contributed by atoms with E-state index in [0.717, 1.165) is 16.8 Å². The van der Waals surface area contributed by atoms with Crippen LogP contribution in [0, 0.1) is 0 Å². The number of ether oxygens (including phenoxy) is 1. The predicted octanol–water partition coefficient (Wildman–Crippen LogP) is 3.65. The molecule has 0 radical (unpaired) electrons. The van der Waals surface area contributed by atoms with Crippen molar-refractivity contribution in [2.24, 2.45) is 0 Å². The summed E-state index contributed by atoms with van der Waals surface area (Å²) in [5.74, 6) is 0.815. The van der Waals surface area contributed by atoms with Crippen LogP contribution in [-0.4, -0.2) is 28.3 Å². The summed E-state index contributed by atoms with van der Waals surface area (Å²) in [6.45, 7) is 0. The molecule has 0 bridgehead atoms. The first-order valence-electron chi connectivity index (χ1n) is 8.91. The lowest BCUT2D eigenvalue weighted by Crippen LogP contribution is -2.24. The van der Waals surface area contributed by atoms with Crippen molar-refractivity contribution in [3.63, 3.8) is 0 Å². The van der Waals surface area contributed by atoms with Crippen molar-refractivity contribution in [3.05, 3.63) is 35.2 Å². The number of carbonyl (C=O) groups is 1. The van der Waals surface area contributed by atoms with Crippen LogP contribution in [0.1, 0.15) is 67.2 Å². The molecule has 25 heavy (non-hydrogen) atoms. The summed E-state index contributed by atoms with van der Waals surface area (Å²) in [4.78, 5) is 12.2. The topological polar surface area (TPSA) is 87.2 Å². The second-order valence-corrected chi connectivity index (χ2v) is 6.99. The number of hydrogen-bond donors (Lipinski definition) is 3. The molecule has 0 spiro atoms. The molecule has 6 nitrogen and oxygen atoms in total. The van der Waals surface area contributed by atoms with Gasteiger partial charge in [0.2, 0.25) is 5.91 Å². The Hall–Kier alpha value is -2.50. The number of phenolic OH excluding ortho intramolecular Hbond substituents is 1. The Labute approximate surface area is 146 Å². The van der Waals surface area contributed by atoms with E-state index in [-0.39, 0.29) is 17.6 Å². The predicted molar refractivity (Wildman–Crippen MR) is 94.2 cm³/mol. The van der Waals surface area contributed by atoms with Gasteiger partial charge in [-0.15, -0.1) is 0 Å². The Balaban J connectivity index is 1.77.